The molecule has 6 nitrogen and oxygen atoms in total. The van der Waals surface area contributed by atoms with Gasteiger partial charge in [0.1, 0.15) is 11.5 Å². The Morgan fingerprint density at radius 3 is 2.81 bits per heavy atom. The van der Waals surface area contributed by atoms with Crippen LogP contribution in [0.4, 0.5) is 0 Å². The second kappa shape index (κ2) is 8.01. The van der Waals surface area contributed by atoms with Crippen LogP contribution in [0, 0.1) is 6.92 Å². The van der Waals surface area contributed by atoms with E-state index in [1.807, 2.05) is 56.6 Å². The van der Waals surface area contributed by atoms with Gasteiger partial charge in [0.15, 0.2) is 0 Å². The predicted octanol–water partition coefficient (Wildman–Crippen LogP) is 3.28. The van der Waals surface area contributed by atoms with E-state index in [1.165, 1.54) is 0 Å². The summed E-state index contributed by atoms with van der Waals surface area (Å²) in [4.78, 5) is 14.8. The molecule has 0 fully saturated rings. The van der Waals surface area contributed by atoms with Crippen molar-refractivity contribution in [3.05, 3.63) is 65.7 Å². The van der Waals surface area contributed by atoms with Crippen molar-refractivity contribution in [2.24, 2.45) is 7.05 Å². The fraction of sp³-hybridized carbons (Fsp3) is 0.300. The van der Waals surface area contributed by atoms with Crippen molar-refractivity contribution in [2.75, 3.05) is 20.3 Å². The Bertz CT molecular complexity index is 882. The van der Waals surface area contributed by atoms with Crippen LogP contribution in [-0.4, -0.2) is 40.8 Å². The molecule has 0 radical (unpaired) electrons. The fourth-order valence-electron chi connectivity index (χ4n) is 2.81. The minimum Gasteiger partial charge on any atom is -0.461 e. The number of nitrogens with zero attached hydrogens (tertiary/aromatic N) is 3. The first-order valence-electron chi connectivity index (χ1n) is 8.49. The van der Waals surface area contributed by atoms with E-state index in [4.69, 9.17) is 9.15 Å². The van der Waals surface area contributed by atoms with E-state index in [9.17, 15) is 4.79 Å². The van der Waals surface area contributed by atoms with Crippen molar-refractivity contribution in [1.29, 1.82) is 0 Å². The maximum Gasteiger partial charge on any atom is 0.254 e. The molecule has 0 N–H and O–H groups in total. The molecule has 1 aromatic carbocycles. The number of carbonyl (C=O) groups excluding carboxylic acids is 1. The predicted molar refractivity (Wildman–Crippen MR) is 98.7 cm³/mol. The van der Waals surface area contributed by atoms with Crippen molar-refractivity contribution >= 4 is 5.91 Å². The van der Waals surface area contributed by atoms with Gasteiger partial charge in [-0.25, -0.2) is 0 Å². The molecule has 0 saturated heterocycles. The van der Waals surface area contributed by atoms with Crippen LogP contribution in [0.2, 0.25) is 0 Å². The number of benzene rings is 1. The van der Waals surface area contributed by atoms with Gasteiger partial charge in [-0.2, -0.15) is 5.10 Å². The van der Waals surface area contributed by atoms with Crippen molar-refractivity contribution in [3.63, 3.8) is 0 Å². The molecule has 26 heavy (non-hydrogen) atoms. The zero-order chi connectivity index (χ0) is 18.5. The smallest absolute Gasteiger partial charge is 0.254 e. The van der Waals surface area contributed by atoms with E-state index in [2.05, 4.69) is 5.10 Å². The number of hydrogen-bond donors (Lipinski definition) is 0. The second-order valence-corrected chi connectivity index (χ2v) is 6.23. The van der Waals surface area contributed by atoms with Crippen LogP contribution in [0.15, 0.2) is 53.2 Å². The molecule has 0 aliphatic heterocycles. The molecule has 0 unspecified atom stereocenters. The zero-order valence-electron chi connectivity index (χ0n) is 15.3. The molecule has 0 bridgehead atoms. The molecule has 0 aliphatic rings. The van der Waals surface area contributed by atoms with Gasteiger partial charge >= 0.3 is 0 Å². The normalized spacial score (nSPS) is 10.9. The van der Waals surface area contributed by atoms with E-state index in [1.54, 1.807) is 22.9 Å². The molecule has 1 amide bonds. The Morgan fingerprint density at radius 1 is 1.31 bits per heavy atom. The van der Waals surface area contributed by atoms with Gasteiger partial charge in [-0.1, -0.05) is 12.1 Å². The number of furan rings is 1. The van der Waals surface area contributed by atoms with Crippen LogP contribution >= 0.6 is 0 Å². The molecule has 2 heterocycles. The number of carbonyl (C=O) groups is 1. The summed E-state index contributed by atoms with van der Waals surface area (Å²) in [6, 6.07) is 11.3. The average molecular weight is 353 g/mol. The van der Waals surface area contributed by atoms with Crippen LogP contribution in [0.5, 0.6) is 0 Å². The summed E-state index contributed by atoms with van der Waals surface area (Å²) in [5.74, 6) is 1.55. The van der Waals surface area contributed by atoms with Gasteiger partial charge in [-0.3, -0.25) is 9.48 Å². The monoisotopic (exact) mass is 353 g/mol. The van der Waals surface area contributed by atoms with Crippen LogP contribution < -0.4 is 0 Å². The van der Waals surface area contributed by atoms with Crippen LogP contribution in [0.1, 0.15) is 21.7 Å². The van der Waals surface area contributed by atoms with E-state index in [0.717, 1.165) is 22.6 Å². The van der Waals surface area contributed by atoms with E-state index < -0.39 is 0 Å². The number of hydrogen-bond acceptors (Lipinski definition) is 4. The van der Waals surface area contributed by atoms with Crippen LogP contribution in [0.25, 0.3) is 11.3 Å². The first-order valence-corrected chi connectivity index (χ1v) is 8.49. The standard InChI is InChI=1S/C20H23N3O3/c1-15-7-8-19(26-15)17-5-4-6-18(11-17)20(24)23(9-10-25-3)14-16-12-21-22(2)13-16/h4-8,11-13H,9-10,14H2,1-3H3. The van der Waals surface area contributed by atoms with Gasteiger partial charge < -0.3 is 14.1 Å². The van der Waals surface area contributed by atoms with Crippen LogP contribution in [-0.2, 0) is 18.3 Å². The molecule has 136 valence electrons. The molecular weight excluding hydrogens is 330 g/mol. The van der Waals surface area contributed by atoms with E-state index in [0.29, 0.717) is 25.3 Å². The Labute approximate surface area is 153 Å². The van der Waals surface area contributed by atoms with Crippen molar-refractivity contribution in [1.82, 2.24) is 14.7 Å². The molecule has 2 aromatic heterocycles. The number of methoxy groups -OCH3 is 1. The van der Waals surface area contributed by atoms with Gasteiger partial charge in [-0.05, 0) is 31.2 Å². The lowest BCUT2D eigenvalue weighted by Gasteiger charge is -2.22. The molecule has 0 saturated carbocycles. The minimum atomic E-state index is -0.0453. The van der Waals surface area contributed by atoms with Crippen molar-refractivity contribution in [3.8, 4) is 11.3 Å². The highest BCUT2D eigenvalue weighted by Crippen LogP contribution is 2.23. The highest BCUT2D eigenvalue weighted by atomic mass is 16.5. The topological polar surface area (TPSA) is 60.5 Å². The van der Waals surface area contributed by atoms with Crippen molar-refractivity contribution < 1.29 is 13.9 Å². The Balaban J connectivity index is 1.83. The largest absolute Gasteiger partial charge is 0.461 e. The van der Waals surface area contributed by atoms with Crippen LogP contribution in [0.3, 0.4) is 0 Å². The quantitative estimate of drug-likeness (QED) is 0.654. The van der Waals surface area contributed by atoms with Gasteiger partial charge in [0.2, 0.25) is 0 Å². The summed E-state index contributed by atoms with van der Waals surface area (Å²) >= 11 is 0. The third-order valence-corrected chi connectivity index (χ3v) is 4.12. The van der Waals surface area contributed by atoms with E-state index in [-0.39, 0.29) is 5.91 Å². The second-order valence-electron chi connectivity index (χ2n) is 6.23. The van der Waals surface area contributed by atoms with Gasteiger partial charge in [0.25, 0.3) is 5.91 Å². The number of rotatable bonds is 7. The molecular formula is C20H23N3O3. The Morgan fingerprint density at radius 2 is 2.15 bits per heavy atom. The highest BCUT2D eigenvalue weighted by molar-refractivity contribution is 5.95. The number of amides is 1. The third kappa shape index (κ3) is 4.21. The third-order valence-electron chi connectivity index (χ3n) is 4.12. The average Bonchev–Trinajstić information content (AvgIpc) is 3.26. The lowest BCUT2D eigenvalue weighted by molar-refractivity contribution is 0.0680. The summed E-state index contributed by atoms with van der Waals surface area (Å²) in [6.07, 6.45) is 3.68. The van der Waals surface area contributed by atoms with Gasteiger partial charge in [0, 0.05) is 50.1 Å². The maximum absolute atomic E-state index is 13.1. The molecule has 3 aromatic rings. The summed E-state index contributed by atoms with van der Waals surface area (Å²) in [5, 5.41) is 4.17. The lowest BCUT2D eigenvalue weighted by atomic mass is 10.1. The summed E-state index contributed by atoms with van der Waals surface area (Å²) in [7, 11) is 3.49. The van der Waals surface area contributed by atoms with E-state index >= 15 is 0 Å². The summed E-state index contributed by atoms with van der Waals surface area (Å²) < 4.78 is 12.6. The zero-order valence-corrected chi connectivity index (χ0v) is 15.3. The summed E-state index contributed by atoms with van der Waals surface area (Å²) in [5.41, 5.74) is 2.49. The maximum atomic E-state index is 13.1. The van der Waals surface area contributed by atoms with Crippen molar-refractivity contribution in [2.45, 2.75) is 13.5 Å². The van der Waals surface area contributed by atoms with Gasteiger partial charge in [0.05, 0.1) is 12.8 Å². The summed E-state index contributed by atoms with van der Waals surface area (Å²) in [6.45, 7) is 3.37. The molecule has 0 aliphatic carbocycles. The highest BCUT2D eigenvalue weighted by Gasteiger charge is 2.18. The minimum absolute atomic E-state index is 0.0453. The Kier molecular flexibility index (Phi) is 5.53. The molecule has 6 heteroatoms. The Hall–Kier alpha value is -2.86. The SMILES string of the molecule is COCCN(Cc1cnn(C)c1)C(=O)c1cccc(-c2ccc(C)o2)c1. The molecule has 0 spiro atoms. The molecule has 0 atom stereocenters. The number of aryl methyl sites for hydroxylation is 2. The fourth-order valence-corrected chi connectivity index (χ4v) is 2.81. The number of aromatic nitrogens is 2. The van der Waals surface area contributed by atoms with Gasteiger partial charge in [-0.15, -0.1) is 0 Å². The first kappa shape index (κ1) is 17.9. The number of ether oxygens (including phenoxy) is 1. The lowest BCUT2D eigenvalue weighted by Crippen LogP contribution is -2.33. The molecule has 3 rings (SSSR count). The first-order chi connectivity index (χ1) is 12.6.